The van der Waals surface area contributed by atoms with Crippen LogP contribution in [0.2, 0.25) is 0 Å². The third-order valence-corrected chi connectivity index (χ3v) is 3.27. The van der Waals surface area contributed by atoms with Crippen LogP contribution in [0.4, 0.5) is 0 Å². The van der Waals surface area contributed by atoms with E-state index in [1.54, 1.807) is 6.07 Å². The van der Waals surface area contributed by atoms with Gasteiger partial charge in [-0.1, -0.05) is 48.0 Å². The van der Waals surface area contributed by atoms with E-state index >= 15 is 0 Å². The molecular weight excluding hydrogens is 222 g/mol. The minimum absolute atomic E-state index is 0.132. The number of benzene rings is 2. The SMILES string of the molecule is NC1=C(Cl)c2cccc3cccc(c23)C1=O. The van der Waals surface area contributed by atoms with Gasteiger partial charge >= 0.3 is 0 Å². The van der Waals surface area contributed by atoms with Gasteiger partial charge in [0.1, 0.15) is 0 Å². The van der Waals surface area contributed by atoms with Crippen molar-refractivity contribution in [3.63, 3.8) is 0 Å². The zero-order valence-electron chi connectivity index (χ0n) is 8.33. The Morgan fingerprint density at radius 2 is 1.62 bits per heavy atom. The maximum absolute atomic E-state index is 11.9. The van der Waals surface area contributed by atoms with E-state index in [9.17, 15) is 4.79 Å². The van der Waals surface area contributed by atoms with Crippen molar-refractivity contribution >= 4 is 33.2 Å². The number of carbonyl (C=O) groups excluding carboxylic acids is 1. The van der Waals surface area contributed by atoms with Crippen LogP contribution in [0.25, 0.3) is 15.8 Å². The van der Waals surface area contributed by atoms with Crippen molar-refractivity contribution in [2.75, 3.05) is 0 Å². The number of hydrogen-bond acceptors (Lipinski definition) is 2. The Balaban J connectivity index is 2.57. The Hall–Kier alpha value is -1.80. The van der Waals surface area contributed by atoms with Crippen molar-refractivity contribution in [3.05, 3.63) is 53.2 Å². The minimum Gasteiger partial charge on any atom is -0.394 e. The van der Waals surface area contributed by atoms with E-state index in [2.05, 4.69) is 0 Å². The van der Waals surface area contributed by atoms with Crippen LogP contribution >= 0.6 is 11.6 Å². The van der Waals surface area contributed by atoms with Gasteiger partial charge in [0.2, 0.25) is 5.78 Å². The Morgan fingerprint density at radius 1 is 1.00 bits per heavy atom. The molecule has 2 nitrogen and oxygen atoms in total. The summed E-state index contributed by atoms with van der Waals surface area (Å²) < 4.78 is 0. The quantitative estimate of drug-likeness (QED) is 0.755. The van der Waals surface area contributed by atoms with Crippen LogP contribution in [0, 0.1) is 0 Å². The minimum atomic E-state index is -0.186. The molecule has 0 unspecified atom stereocenters. The lowest BCUT2D eigenvalue weighted by molar-refractivity contribution is 0.103. The van der Waals surface area contributed by atoms with Crippen molar-refractivity contribution in [2.24, 2.45) is 5.73 Å². The molecule has 0 aliphatic heterocycles. The summed E-state index contributed by atoms with van der Waals surface area (Å²) in [6, 6.07) is 11.3. The molecule has 78 valence electrons. The molecule has 1 aliphatic carbocycles. The zero-order valence-corrected chi connectivity index (χ0v) is 9.08. The maximum Gasteiger partial charge on any atom is 0.210 e. The van der Waals surface area contributed by atoms with Gasteiger partial charge in [-0.2, -0.15) is 0 Å². The summed E-state index contributed by atoms with van der Waals surface area (Å²) in [7, 11) is 0. The molecule has 2 aromatic carbocycles. The first-order valence-electron chi connectivity index (χ1n) is 4.92. The molecule has 3 rings (SSSR count). The molecular formula is C13H8ClNO. The van der Waals surface area contributed by atoms with Gasteiger partial charge in [-0.25, -0.2) is 0 Å². The predicted molar refractivity (Wildman–Crippen MR) is 65.2 cm³/mol. The Labute approximate surface area is 97.3 Å². The fourth-order valence-electron chi connectivity index (χ4n) is 2.10. The molecule has 1 aliphatic rings. The second kappa shape index (κ2) is 3.09. The average Bonchev–Trinajstić information content (AvgIpc) is 2.33. The topological polar surface area (TPSA) is 43.1 Å². The molecule has 2 N–H and O–H groups in total. The van der Waals surface area contributed by atoms with Crippen molar-refractivity contribution in [2.45, 2.75) is 0 Å². The summed E-state index contributed by atoms with van der Waals surface area (Å²) in [5.41, 5.74) is 7.32. The first kappa shape index (κ1) is 9.43. The summed E-state index contributed by atoms with van der Waals surface area (Å²) in [6.07, 6.45) is 0. The van der Waals surface area contributed by atoms with E-state index in [0.717, 1.165) is 16.3 Å². The molecule has 0 fully saturated rings. The molecule has 16 heavy (non-hydrogen) atoms. The fourth-order valence-corrected chi connectivity index (χ4v) is 2.35. The van der Waals surface area contributed by atoms with E-state index in [1.165, 1.54) is 0 Å². The number of carbonyl (C=O) groups is 1. The highest BCUT2D eigenvalue weighted by Gasteiger charge is 2.24. The first-order chi connectivity index (χ1) is 7.70. The summed E-state index contributed by atoms with van der Waals surface area (Å²) in [4.78, 5) is 11.9. The summed E-state index contributed by atoms with van der Waals surface area (Å²) in [5.74, 6) is -0.186. The Morgan fingerprint density at radius 3 is 2.31 bits per heavy atom. The molecule has 0 spiro atoms. The average molecular weight is 230 g/mol. The van der Waals surface area contributed by atoms with Crippen LogP contribution in [0.1, 0.15) is 15.9 Å². The monoisotopic (exact) mass is 229 g/mol. The van der Waals surface area contributed by atoms with E-state index < -0.39 is 0 Å². The number of rotatable bonds is 0. The molecule has 0 bridgehead atoms. The van der Waals surface area contributed by atoms with Crippen molar-refractivity contribution < 1.29 is 4.79 Å². The van der Waals surface area contributed by atoms with Gasteiger partial charge in [0.25, 0.3) is 0 Å². The molecule has 0 saturated heterocycles. The van der Waals surface area contributed by atoms with Crippen LogP contribution in [0.15, 0.2) is 42.1 Å². The molecule has 0 saturated carbocycles. The Kier molecular flexibility index (Phi) is 1.82. The van der Waals surface area contributed by atoms with Crippen molar-refractivity contribution in [1.29, 1.82) is 0 Å². The lowest BCUT2D eigenvalue weighted by Crippen LogP contribution is -2.17. The van der Waals surface area contributed by atoms with E-state index in [4.69, 9.17) is 17.3 Å². The number of allylic oxidation sites excluding steroid dienone is 1. The van der Waals surface area contributed by atoms with E-state index in [-0.39, 0.29) is 11.5 Å². The lowest BCUT2D eigenvalue weighted by Gasteiger charge is -2.17. The molecule has 3 heteroatoms. The smallest absolute Gasteiger partial charge is 0.210 e. The van der Waals surface area contributed by atoms with Crippen LogP contribution in [0.3, 0.4) is 0 Å². The van der Waals surface area contributed by atoms with Gasteiger partial charge in [0, 0.05) is 16.5 Å². The number of hydrogen-bond donors (Lipinski definition) is 1. The largest absolute Gasteiger partial charge is 0.394 e. The van der Waals surface area contributed by atoms with Gasteiger partial charge in [0.05, 0.1) is 10.7 Å². The second-order valence-corrected chi connectivity index (χ2v) is 4.14. The van der Waals surface area contributed by atoms with E-state index in [0.29, 0.717) is 10.6 Å². The highest BCUT2D eigenvalue weighted by atomic mass is 35.5. The van der Waals surface area contributed by atoms with Gasteiger partial charge in [0.15, 0.2) is 0 Å². The second-order valence-electron chi connectivity index (χ2n) is 3.77. The van der Waals surface area contributed by atoms with Gasteiger partial charge in [-0.05, 0) is 5.39 Å². The molecule has 0 radical (unpaired) electrons. The zero-order chi connectivity index (χ0) is 11.3. The van der Waals surface area contributed by atoms with Gasteiger partial charge in [-0.15, -0.1) is 0 Å². The first-order valence-corrected chi connectivity index (χ1v) is 5.30. The number of ketones is 1. The third kappa shape index (κ3) is 1.05. The van der Waals surface area contributed by atoms with Crippen LogP contribution in [-0.2, 0) is 0 Å². The standard InChI is InChI=1S/C13H8ClNO/c14-11-8-5-1-3-7-4-2-6-9(10(7)8)13(16)12(11)15/h1-6H,15H2. The van der Waals surface area contributed by atoms with Crippen molar-refractivity contribution in [1.82, 2.24) is 0 Å². The summed E-state index contributed by atoms with van der Waals surface area (Å²) in [5, 5.41) is 2.26. The Bertz CT molecular complexity index is 653. The number of nitrogens with two attached hydrogens (primary N) is 1. The molecule has 0 heterocycles. The third-order valence-electron chi connectivity index (χ3n) is 2.87. The highest BCUT2D eigenvalue weighted by Crippen LogP contribution is 2.36. The summed E-state index contributed by atoms with van der Waals surface area (Å²) >= 11 is 6.09. The van der Waals surface area contributed by atoms with Crippen molar-refractivity contribution in [3.8, 4) is 0 Å². The summed E-state index contributed by atoms with van der Waals surface area (Å²) in [6.45, 7) is 0. The number of Topliss-reactive ketones (excluding diaryl/α,β-unsaturated/α-hetero) is 1. The van der Waals surface area contributed by atoms with Crippen LogP contribution < -0.4 is 5.73 Å². The van der Waals surface area contributed by atoms with Gasteiger partial charge in [-0.3, -0.25) is 4.79 Å². The van der Waals surface area contributed by atoms with Crippen LogP contribution in [-0.4, -0.2) is 5.78 Å². The normalized spacial score (nSPS) is 14.7. The van der Waals surface area contributed by atoms with E-state index in [1.807, 2.05) is 30.3 Å². The predicted octanol–water partition coefficient (Wildman–Crippen LogP) is 2.90. The van der Waals surface area contributed by atoms with Crippen LogP contribution in [0.5, 0.6) is 0 Å². The number of halogens is 1. The highest BCUT2D eigenvalue weighted by molar-refractivity contribution is 6.54. The maximum atomic E-state index is 11.9. The van der Waals surface area contributed by atoms with Gasteiger partial charge < -0.3 is 5.73 Å². The molecule has 2 aromatic rings. The molecule has 0 amide bonds. The molecule has 0 atom stereocenters. The lowest BCUT2D eigenvalue weighted by atomic mass is 9.91. The molecule has 0 aromatic heterocycles. The fraction of sp³-hybridized carbons (Fsp3) is 0.